The van der Waals surface area contributed by atoms with Crippen LogP contribution in [0.3, 0.4) is 0 Å². The summed E-state index contributed by atoms with van der Waals surface area (Å²) in [4.78, 5) is 22.8. The van der Waals surface area contributed by atoms with Crippen molar-refractivity contribution < 1.29 is 23.5 Å². The van der Waals surface area contributed by atoms with Gasteiger partial charge in [0.1, 0.15) is 0 Å². The fourth-order valence-electron chi connectivity index (χ4n) is 2.21. The van der Waals surface area contributed by atoms with Crippen molar-refractivity contribution >= 4 is 17.6 Å². The molecule has 0 bridgehead atoms. The van der Waals surface area contributed by atoms with Crippen LogP contribution in [-0.2, 0) is 15.5 Å². The number of hydrogen-bond acceptors (Lipinski definition) is 2. The van der Waals surface area contributed by atoms with Crippen molar-refractivity contribution in [1.29, 1.82) is 0 Å². The highest BCUT2D eigenvalue weighted by Gasteiger charge is 2.41. The third-order valence-electron chi connectivity index (χ3n) is 3.57. The number of carbonyl (C=O) groups excluding carboxylic acids is 1. The number of hydrogen-bond donors (Lipinski definition) is 2. The monoisotopic (exact) mass is 283 g/mol. The fourth-order valence-corrected chi connectivity index (χ4v) is 2.21. The lowest BCUT2D eigenvalue weighted by Crippen LogP contribution is -2.41. The number of halogens is 2. The van der Waals surface area contributed by atoms with Gasteiger partial charge in [0, 0.05) is 18.2 Å². The molecule has 0 saturated heterocycles. The lowest BCUT2D eigenvalue weighted by Gasteiger charge is -2.31. The summed E-state index contributed by atoms with van der Waals surface area (Å²) in [6.45, 7) is 0.778. The zero-order valence-corrected chi connectivity index (χ0v) is 10.9. The number of alkyl halides is 2. The van der Waals surface area contributed by atoms with Crippen molar-refractivity contribution in [1.82, 2.24) is 0 Å². The molecule has 1 aromatic rings. The molecule has 108 valence electrons. The highest BCUT2D eigenvalue weighted by molar-refractivity contribution is 5.96. The maximum absolute atomic E-state index is 13.2. The number of carbonyl (C=O) groups is 2. The average molecular weight is 283 g/mol. The number of carboxylic acid groups (broad SMARTS) is 1. The minimum atomic E-state index is -2.99. The molecule has 20 heavy (non-hydrogen) atoms. The minimum absolute atomic E-state index is 0.196. The molecule has 1 aliphatic rings. The van der Waals surface area contributed by atoms with Crippen LogP contribution in [0.2, 0.25) is 0 Å². The van der Waals surface area contributed by atoms with Crippen molar-refractivity contribution in [3.63, 3.8) is 0 Å². The molecule has 6 heteroatoms. The molecule has 1 amide bonds. The molecule has 2 rings (SSSR count). The maximum atomic E-state index is 13.2. The summed E-state index contributed by atoms with van der Waals surface area (Å²) in [5, 5.41) is 11.4. The highest BCUT2D eigenvalue weighted by atomic mass is 19.3. The largest absolute Gasteiger partial charge is 0.481 e. The van der Waals surface area contributed by atoms with E-state index < -0.39 is 29.6 Å². The summed E-state index contributed by atoms with van der Waals surface area (Å²) in [6.07, 6.45) is 0.979. The zero-order valence-electron chi connectivity index (χ0n) is 10.9. The number of nitrogens with one attached hydrogen (secondary N) is 1. The zero-order chi connectivity index (χ0) is 14.9. The predicted octanol–water partition coefficient (Wildman–Crippen LogP) is 2.85. The molecule has 2 N–H and O–H groups in total. The summed E-state index contributed by atoms with van der Waals surface area (Å²) < 4.78 is 26.4. The van der Waals surface area contributed by atoms with E-state index >= 15 is 0 Å². The van der Waals surface area contributed by atoms with Crippen LogP contribution in [0.25, 0.3) is 0 Å². The van der Waals surface area contributed by atoms with Gasteiger partial charge in [0.25, 0.3) is 5.92 Å². The van der Waals surface area contributed by atoms with Crippen LogP contribution in [0.15, 0.2) is 24.3 Å². The number of amides is 1. The van der Waals surface area contributed by atoms with Gasteiger partial charge in [-0.2, -0.15) is 0 Å². The van der Waals surface area contributed by atoms with E-state index in [9.17, 15) is 18.4 Å². The summed E-state index contributed by atoms with van der Waals surface area (Å²) in [5.74, 6) is -5.67. The van der Waals surface area contributed by atoms with Gasteiger partial charge < -0.3 is 10.4 Å². The molecule has 1 aliphatic carbocycles. The van der Waals surface area contributed by atoms with E-state index in [0.717, 1.165) is 6.92 Å². The lowest BCUT2D eigenvalue weighted by atomic mass is 9.73. The van der Waals surface area contributed by atoms with Crippen LogP contribution >= 0.6 is 0 Å². The summed E-state index contributed by atoms with van der Waals surface area (Å²) in [7, 11) is 0. The Balaban J connectivity index is 2.07. The third-order valence-corrected chi connectivity index (χ3v) is 3.57. The van der Waals surface area contributed by atoms with E-state index in [1.165, 1.54) is 24.3 Å². The Bertz CT molecular complexity index is 539. The van der Waals surface area contributed by atoms with E-state index in [1.54, 1.807) is 0 Å². The van der Waals surface area contributed by atoms with Gasteiger partial charge in [0.2, 0.25) is 5.91 Å². The topological polar surface area (TPSA) is 66.4 Å². The van der Waals surface area contributed by atoms with Crippen LogP contribution in [0, 0.1) is 11.8 Å². The molecule has 1 saturated carbocycles. The first-order valence-electron chi connectivity index (χ1n) is 6.31. The normalized spacial score (nSPS) is 21.9. The lowest BCUT2D eigenvalue weighted by molar-refractivity contribution is -0.151. The fraction of sp³-hybridized carbons (Fsp3) is 0.429. The number of benzene rings is 1. The van der Waals surface area contributed by atoms with Gasteiger partial charge in [-0.05, 0) is 25.0 Å². The van der Waals surface area contributed by atoms with E-state index in [0.29, 0.717) is 12.8 Å². The van der Waals surface area contributed by atoms with Gasteiger partial charge in [-0.1, -0.05) is 12.1 Å². The van der Waals surface area contributed by atoms with Gasteiger partial charge in [-0.3, -0.25) is 9.59 Å². The molecular formula is C14H15F2NO3. The second-order valence-corrected chi connectivity index (χ2v) is 5.09. The summed E-state index contributed by atoms with van der Waals surface area (Å²) in [6, 6.07) is 5.41. The number of aliphatic carboxylic acids is 1. The molecular weight excluding hydrogens is 268 g/mol. The van der Waals surface area contributed by atoms with Crippen molar-refractivity contribution in [3.05, 3.63) is 29.8 Å². The van der Waals surface area contributed by atoms with Gasteiger partial charge in [0.05, 0.1) is 11.8 Å². The second-order valence-electron chi connectivity index (χ2n) is 5.09. The number of anilines is 1. The van der Waals surface area contributed by atoms with Gasteiger partial charge in [-0.15, -0.1) is 0 Å². The van der Waals surface area contributed by atoms with E-state index in [4.69, 9.17) is 5.11 Å². The first-order valence-corrected chi connectivity index (χ1v) is 6.31. The number of rotatable bonds is 4. The van der Waals surface area contributed by atoms with Crippen molar-refractivity contribution in [2.45, 2.75) is 25.7 Å². The average Bonchev–Trinajstić information content (AvgIpc) is 2.25. The molecule has 0 radical (unpaired) electrons. The standard InChI is InChI=1S/C14H15F2NO3/c1-14(15,16)8-3-2-4-9(7-8)17-12(18)10-5-6-11(10)13(19)20/h2-4,7,10-11H,5-6H2,1H3,(H,17,18)(H,19,20). The smallest absolute Gasteiger partial charge is 0.307 e. The minimum Gasteiger partial charge on any atom is -0.481 e. The predicted molar refractivity (Wildman–Crippen MR) is 68.5 cm³/mol. The van der Waals surface area contributed by atoms with Crippen molar-refractivity contribution in [3.8, 4) is 0 Å². The van der Waals surface area contributed by atoms with E-state index in [2.05, 4.69) is 5.32 Å². The van der Waals surface area contributed by atoms with Crippen LogP contribution in [0.5, 0.6) is 0 Å². The van der Waals surface area contributed by atoms with Crippen LogP contribution < -0.4 is 5.32 Å². The summed E-state index contributed by atoms with van der Waals surface area (Å²) >= 11 is 0. The molecule has 0 spiro atoms. The maximum Gasteiger partial charge on any atom is 0.307 e. The van der Waals surface area contributed by atoms with E-state index in [1.807, 2.05) is 0 Å². The molecule has 0 heterocycles. The Labute approximate surface area is 114 Å². The Hall–Kier alpha value is -1.98. The quantitative estimate of drug-likeness (QED) is 0.893. The third kappa shape index (κ3) is 2.95. The molecule has 0 aromatic heterocycles. The highest BCUT2D eigenvalue weighted by Crippen LogP contribution is 2.35. The van der Waals surface area contributed by atoms with Gasteiger partial charge in [0.15, 0.2) is 0 Å². The SMILES string of the molecule is CC(F)(F)c1cccc(NC(=O)C2CCC2C(=O)O)c1. The second kappa shape index (κ2) is 5.19. The summed E-state index contributed by atoms with van der Waals surface area (Å²) in [5.41, 5.74) is 0.0590. The molecule has 1 aromatic carbocycles. The molecule has 1 fully saturated rings. The first-order chi connectivity index (χ1) is 9.29. The van der Waals surface area contributed by atoms with E-state index in [-0.39, 0.29) is 11.3 Å². The molecule has 2 unspecified atom stereocenters. The Morgan fingerprint density at radius 1 is 1.30 bits per heavy atom. The molecule has 4 nitrogen and oxygen atoms in total. The molecule has 2 atom stereocenters. The van der Waals surface area contributed by atoms with Crippen LogP contribution in [-0.4, -0.2) is 17.0 Å². The molecule has 0 aliphatic heterocycles. The Morgan fingerprint density at radius 3 is 2.45 bits per heavy atom. The van der Waals surface area contributed by atoms with Crippen LogP contribution in [0.4, 0.5) is 14.5 Å². The Morgan fingerprint density at radius 2 is 1.95 bits per heavy atom. The van der Waals surface area contributed by atoms with Crippen molar-refractivity contribution in [2.24, 2.45) is 11.8 Å². The van der Waals surface area contributed by atoms with Gasteiger partial charge >= 0.3 is 5.97 Å². The Kier molecular flexibility index (Phi) is 3.74. The number of carboxylic acids is 1. The van der Waals surface area contributed by atoms with Crippen LogP contribution in [0.1, 0.15) is 25.3 Å². The van der Waals surface area contributed by atoms with Crippen molar-refractivity contribution in [2.75, 3.05) is 5.32 Å². The first kappa shape index (κ1) is 14.4. The van der Waals surface area contributed by atoms with Gasteiger partial charge in [-0.25, -0.2) is 8.78 Å².